The first kappa shape index (κ1) is 17.8. The SMILES string of the molecule is CN(C[C@H]1CCCN(Cc2nccn2C)C1)C(=O)OC(C)(C)C. The molecular weight excluding hydrogens is 292 g/mol. The topological polar surface area (TPSA) is 50.6 Å². The summed E-state index contributed by atoms with van der Waals surface area (Å²) in [7, 11) is 3.85. The zero-order valence-electron chi connectivity index (χ0n) is 15.1. The summed E-state index contributed by atoms with van der Waals surface area (Å²) in [6, 6.07) is 0. The van der Waals surface area contributed by atoms with Crippen molar-refractivity contribution >= 4 is 6.09 Å². The Morgan fingerprint density at radius 2 is 2.22 bits per heavy atom. The number of hydrogen-bond acceptors (Lipinski definition) is 4. The van der Waals surface area contributed by atoms with Gasteiger partial charge in [-0.05, 0) is 46.1 Å². The van der Waals surface area contributed by atoms with Crippen LogP contribution in [0.1, 0.15) is 39.4 Å². The van der Waals surface area contributed by atoms with Gasteiger partial charge >= 0.3 is 6.09 Å². The Morgan fingerprint density at radius 3 is 2.83 bits per heavy atom. The maximum atomic E-state index is 12.1. The molecule has 1 aromatic rings. The second-order valence-corrected chi connectivity index (χ2v) is 7.56. The summed E-state index contributed by atoms with van der Waals surface area (Å²) in [5, 5.41) is 0. The molecule has 0 unspecified atom stereocenters. The second-order valence-electron chi connectivity index (χ2n) is 7.56. The van der Waals surface area contributed by atoms with E-state index in [1.54, 1.807) is 4.90 Å². The van der Waals surface area contributed by atoms with Gasteiger partial charge in [-0.15, -0.1) is 0 Å². The van der Waals surface area contributed by atoms with Gasteiger partial charge in [0.2, 0.25) is 0 Å². The largest absolute Gasteiger partial charge is 0.444 e. The Bertz CT molecular complexity index is 521. The predicted octanol–water partition coefficient (Wildman–Crippen LogP) is 2.50. The lowest BCUT2D eigenvalue weighted by molar-refractivity contribution is 0.0240. The highest BCUT2D eigenvalue weighted by Gasteiger charge is 2.25. The average Bonchev–Trinajstić information content (AvgIpc) is 2.83. The minimum Gasteiger partial charge on any atom is -0.444 e. The number of hydrogen-bond donors (Lipinski definition) is 0. The highest BCUT2D eigenvalue weighted by molar-refractivity contribution is 5.67. The predicted molar refractivity (Wildman–Crippen MR) is 90.1 cm³/mol. The summed E-state index contributed by atoms with van der Waals surface area (Å²) in [4.78, 5) is 20.6. The fourth-order valence-electron chi connectivity index (χ4n) is 2.99. The molecule has 130 valence electrons. The molecule has 1 aromatic heterocycles. The van der Waals surface area contributed by atoms with Gasteiger partial charge in [0.15, 0.2) is 0 Å². The second kappa shape index (κ2) is 7.34. The van der Waals surface area contributed by atoms with Crippen LogP contribution in [-0.4, -0.2) is 57.7 Å². The van der Waals surface area contributed by atoms with Crippen LogP contribution < -0.4 is 0 Å². The summed E-state index contributed by atoms with van der Waals surface area (Å²) in [6.45, 7) is 9.40. The van der Waals surface area contributed by atoms with Gasteiger partial charge in [0.1, 0.15) is 11.4 Å². The Balaban J connectivity index is 1.84. The van der Waals surface area contributed by atoms with Gasteiger partial charge in [-0.25, -0.2) is 9.78 Å². The van der Waals surface area contributed by atoms with Gasteiger partial charge in [-0.1, -0.05) is 0 Å². The van der Waals surface area contributed by atoms with E-state index in [0.717, 1.165) is 44.8 Å². The molecule has 0 aromatic carbocycles. The summed E-state index contributed by atoms with van der Waals surface area (Å²) < 4.78 is 7.49. The molecule has 2 heterocycles. The van der Waals surface area contributed by atoms with Gasteiger partial charge < -0.3 is 14.2 Å². The maximum Gasteiger partial charge on any atom is 0.410 e. The van der Waals surface area contributed by atoms with Crippen LogP contribution >= 0.6 is 0 Å². The van der Waals surface area contributed by atoms with Gasteiger partial charge in [-0.3, -0.25) is 4.90 Å². The number of imidazole rings is 1. The lowest BCUT2D eigenvalue weighted by atomic mass is 9.97. The van der Waals surface area contributed by atoms with Crippen molar-refractivity contribution in [2.75, 3.05) is 26.7 Å². The van der Waals surface area contributed by atoms with E-state index < -0.39 is 5.60 Å². The van der Waals surface area contributed by atoms with Gasteiger partial charge in [-0.2, -0.15) is 0 Å². The first-order valence-corrected chi connectivity index (χ1v) is 8.37. The smallest absolute Gasteiger partial charge is 0.410 e. The van der Waals surface area contributed by atoms with Crippen molar-refractivity contribution in [2.24, 2.45) is 13.0 Å². The highest BCUT2D eigenvalue weighted by Crippen LogP contribution is 2.20. The van der Waals surface area contributed by atoms with Gasteiger partial charge in [0.05, 0.1) is 6.54 Å². The number of likely N-dealkylation sites (tertiary alicyclic amines) is 1. The fourth-order valence-corrected chi connectivity index (χ4v) is 2.99. The molecule has 1 saturated heterocycles. The Labute approximate surface area is 139 Å². The number of amides is 1. The van der Waals surface area contributed by atoms with Crippen molar-refractivity contribution in [3.63, 3.8) is 0 Å². The Morgan fingerprint density at radius 1 is 1.48 bits per heavy atom. The zero-order chi connectivity index (χ0) is 17.0. The van der Waals surface area contributed by atoms with Crippen molar-refractivity contribution in [1.82, 2.24) is 19.4 Å². The number of aromatic nitrogens is 2. The van der Waals surface area contributed by atoms with Crippen LogP contribution in [0.3, 0.4) is 0 Å². The van der Waals surface area contributed by atoms with Crippen LogP contribution in [0.2, 0.25) is 0 Å². The van der Waals surface area contributed by atoms with E-state index in [0.29, 0.717) is 5.92 Å². The van der Waals surface area contributed by atoms with Gasteiger partial charge in [0.25, 0.3) is 0 Å². The van der Waals surface area contributed by atoms with Crippen molar-refractivity contribution in [3.05, 3.63) is 18.2 Å². The molecule has 6 nitrogen and oxygen atoms in total. The van der Waals surface area contributed by atoms with Crippen molar-refractivity contribution < 1.29 is 9.53 Å². The highest BCUT2D eigenvalue weighted by atomic mass is 16.6. The van der Waals surface area contributed by atoms with Crippen molar-refractivity contribution in [1.29, 1.82) is 0 Å². The number of carbonyl (C=O) groups excluding carboxylic acids is 1. The van der Waals surface area contributed by atoms with Crippen molar-refractivity contribution in [2.45, 2.75) is 45.8 Å². The molecular formula is C17H30N4O2. The van der Waals surface area contributed by atoms with Crippen LogP contribution in [-0.2, 0) is 18.3 Å². The lowest BCUT2D eigenvalue weighted by Crippen LogP contribution is -2.42. The first-order chi connectivity index (χ1) is 10.7. The van der Waals surface area contributed by atoms with E-state index in [1.165, 1.54) is 0 Å². The summed E-state index contributed by atoms with van der Waals surface area (Å²) in [6.07, 6.45) is 5.90. The van der Waals surface area contributed by atoms with Crippen LogP contribution in [0.15, 0.2) is 12.4 Å². The number of rotatable bonds is 4. The third-order valence-corrected chi connectivity index (χ3v) is 4.13. The van der Waals surface area contributed by atoms with E-state index in [2.05, 4.69) is 14.5 Å². The minimum absolute atomic E-state index is 0.237. The Kier molecular flexibility index (Phi) is 5.68. The summed E-state index contributed by atoms with van der Waals surface area (Å²) >= 11 is 0. The molecule has 0 radical (unpaired) electrons. The van der Waals surface area contributed by atoms with Crippen LogP contribution in [0.25, 0.3) is 0 Å². The summed E-state index contributed by atoms with van der Waals surface area (Å²) in [5.41, 5.74) is -0.442. The minimum atomic E-state index is -0.442. The van der Waals surface area contributed by atoms with Gasteiger partial charge in [0, 0.05) is 39.6 Å². The van der Waals surface area contributed by atoms with E-state index >= 15 is 0 Å². The maximum absolute atomic E-state index is 12.1. The molecule has 0 saturated carbocycles. The quantitative estimate of drug-likeness (QED) is 0.854. The van der Waals surface area contributed by atoms with E-state index in [9.17, 15) is 4.79 Å². The number of piperidine rings is 1. The molecule has 1 amide bonds. The molecule has 0 bridgehead atoms. The molecule has 1 aliphatic heterocycles. The molecule has 6 heteroatoms. The van der Waals surface area contributed by atoms with E-state index in [4.69, 9.17) is 4.74 Å². The van der Waals surface area contributed by atoms with E-state index in [1.807, 2.05) is 47.3 Å². The number of aryl methyl sites for hydroxylation is 1. The third-order valence-electron chi connectivity index (χ3n) is 4.13. The molecule has 0 aliphatic carbocycles. The van der Waals surface area contributed by atoms with Crippen LogP contribution in [0.4, 0.5) is 4.79 Å². The number of ether oxygens (including phenoxy) is 1. The molecule has 2 rings (SSSR count). The van der Waals surface area contributed by atoms with Crippen molar-refractivity contribution in [3.8, 4) is 0 Å². The first-order valence-electron chi connectivity index (χ1n) is 8.37. The molecule has 0 spiro atoms. The standard InChI is InChI=1S/C17H30N4O2/c1-17(2,3)23-16(22)20(5)11-14-7-6-9-21(12-14)13-15-18-8-10-19(15)4/h8,10,14H,6-7,9,11-13H2,1-5H3/t14-/m1/s1. The third kappa shape index (κ3) is 5.53. The monoisotopic (exact) mass is 322 g/mol. The van der Waals surface area contributed by atoms with E-state index in [-0.39, 0.29) is 6.09 Å². The fraction of sp³-hybridized carbons (Fsp3) is 0.765. The molecule has 23 heavy (non-hydrogen) atoms. The van der Waals surface area contributed by atoms with Crippen LogP contribution in [0.5, 0.6) is 0 Å². The Hall–Kier alpha value is -1.56. The molecule has 1 fully saturated rings. The van der Waals surface area contributed by atoms with Crippen LogP contribution in [0, 0.1) is 5.92 Å². The summed E-state index contributed by atoms with van der Waals surface area (Å²) in [5.74, 6) is 1.58. The average molecular weight is 322 g/mol. The molecule has 1 atom stereocenters. The molecule has 1 aliphatic rings. The number of carbonyl (C=O) groups is 1. The molecule has 0 N–H and O–H groups in total. The normalized spacial score (nSPS) is 19.6. The lowest BCUT2D eigenvalue weighted by Gasteiger charge is -2.34. The number of nitrogens with zero attached hydrogens (tertiary/aromatic N) is 4. The zero-order valence-corrected chi connectivity index (χ0v) is 15.1.